The maximum absolute atomic E-state index is 12.4. The summed E-state index contributed by atoms with van der Waals surface area (Å²) >= 11 is 3.45. The summed E-state index contributed by atoms with van der Waals surface area (Å²) in [6, 6.07) is 7.57. The third-order valence-electron chi connectivity index (χ3n) is 4.90. The first-order chi connectivity index (χ1) is 13.0. The molecule has 0 atom stereocenters. The van der Waals surface area contributed by atoms with E-state index in [0.29, 0.717) is 16.7 Å². The third kappa shape index (κ3) is 4.77. The molecule has 1 aliphatic rings. The van der Waals surface area contributed by atoms with Crippen molar-refractivity contribution in [1.82, 2.24) is 15.5 Å². The van der Waals surface area contributed by atoms with E-state index in [9.17, 15) is 9.59 Å². The van der Waals surface area contributed by atoms with Crippen LogP contribution in [0.3, 0.4) is 0 Å². The first-order valence-corrected chi connectivity index (χ1v) is 10.2. The molecule has 0 radical (unpaired) electrons. The zero-order valence-corrected chi connectivity index (χ0v) is 17.2. The highest BCUT2D eigenvalue weighted by atomic mass is 79.9. The Balaban J connectivity index is 1.59. The van der Waals surface area contributed by atoms with E-state index in [1.54, 1.807) is 0 Å². The number of nitrogens with zero attached hydrogens (tertiary/aromatic N) is 1. The first-order valence-electron chi connectivity index (χ1n) is 9.37. The number of H-pyrrole nitrogens is 1. The van der Waals surface area contributed by atoms with Crippen molar-refractivity contribution in [2.75, 3.05) is 5.32 Å². The van der Waals surface area contributed by atoms with E-state index in [1.165, 1.54) is 0 Å². The Morgan fingerprint density at radius 3 is 2.70 bits per heavy atom. The number of amides is 2. The Kier molecular flexibility index (Phi) is 6.31. The van der Waals surface area contributed by atoms with Crippen molar-refractivity contribution in [3.63, 3.8) is 0 Å². The lowest BCUT2D eigenvalue weighted by Gasteiger charge is -2.11. The van der Waals surface area contributed by atoms with Gasteiger partial charge in [-0.15, -0.1) is 0 Å². The molecule has 7 heteroatoms. The van der Waals surface area contributed by atoms with Gasteiger partial charge in [0.05, 0.1) is 10.2 Å². The number of carbonyl (C=O) groups excluding carboxylic acids is 2. The van der Waals surface area contributed by atoms with Crippen molar-refractivity contribution < 1.29 is 9.59 Å². The molecule has 144 valence electrons. The predicted octanol–water partition coefficient (Wildman–Crippen LogP) is 4.35. The fraction of sp³-hybridized carbons (Fsp3) is 0.450. The number of nitrogens with one attached hydrogen (secondary N) is 3. The number of carbonyl (C=O) groups is 2. The molecule has 1 saturated carbocycles. The van der Waals surface area contributed by atoms with Gasteiger partial charge in [0.2, 0.25) is 5.91 Å². The highest BCUT2D eigenvalue weighted by Crippen LogP contribution is 2.27. The Bertz CT molecular complexity index is 825. The number of hydrogen-bond donors (Lipinski definition) is 3. The number of rotatable bonds is 6. The summed E-state index contributed by atoms with van der Waals surface area (Å²) in [6.45, 7) is 4.43. The fourth-order valence-electron chi connectivity index (χ4n) is 3.33. The molecule has 6 nitrogen and oxygen atoms in total. The minimum absolute atomic E-state index is 0.0929. The van der Waals surface area contributed by atoms with Crippen molar-refractivity contribution in [2.24, 2.45) is 5.92 Å². The van der Waals surface area contributed by atoms with Crippen molar-refractivity contribution in [2.45, 2.75) is 52.0 Å². The van der Waals surface area contributed by atoms with Crippen LogP contribution < -0.4 is 10.6 Å². The van der Waals surface area contributed by atoms with Crippen LogP contribution in [0.15, 0.2) is 28.7 Å². The van der Waals surface area contributed by atoms with Crippen molar-refractivity contribution >= 4 is 33.4 Å². The monoisotopic (exact) mass is 432 g/mol. The topological polar surface area (TPSA) is 86.9 Å². The fourth-order valence-corrected chi connectivity index (χ4v) is 4.15. The summed E-state index contributed by atoms with van der Waals surface area (Å²) in [5, 5.41) is 12.9. The molecule has 2 aromatic rings. The maximum Gasteiger partial charge on any atom is 0.273 e. The molecule has 0 bridgehead atoms. The van der Waals surface area contributed by atoms with E-state index >= 15 is 0 Å². The average molecular weight is 433 g/mol. The zero-order valence-electron chi connectivity index (χ0n) is 15.6. The van der Waals surface area contributed by atoms with Gasteiger partial charge in [0.1, 0.15) is 0 Å². The number of halogens is 1. The second kappa shape index (κ2) is 8.69. The van der Waals surface area contributed by atoms with Gasteiger partial charge in [0, 0.05) is 18.2 Å². The molecule has 3 rings (SSSR count). The van der Waals surface area contributed by atoms with Crippen molar-refractivity contribution in [3.05, 3.63) is 45.7 Å². The molecule has 0 saturated heterocycles. The number of anilines is 1. The van der Waals surface area contributed by atoms with Gasteiger partial charge in [0.15, 0.2) is 5.69 Å². The largest absolute Gasteiger partial charge is 0.347 e. The van der Waals surface area contributed by atoms with Crippen LogP contribution in [0.4, 0.5) is 5.69 Å². The molecule has 2 amide bonds. The summed E-state index contributed by atoms with van der Waals surface area (Å²) in [7, 11) is 0. The summed E-state index contributed by atoms with van der Waals surface area (Å²) in [4.78, 5) is 24.7. The van der Waals surface area contributed by atoms with E-state index in [4.69, 9.17) is 0 Å². The van der Waals surface area contributed by atoms with Gasteiger partial charge < -0.3 is 10.6 Å². The molecule has 1 aromatic heterocycles. The molecule has 3 N–H and O–H groups in total. The predicted molar refractivity (Wildman–Crippen MR) is 109 cm³/mol. The summed E-state index contributed by atoms with van der Waals surface area (Å²) < 4.78 is 0.701. The van der Waals surface area contributed by atoms with Gasteiger partial charge in [-0.25, -0.2) is 0 Å². The summed E-state index contributed by atoms with van der Waals surface area (Å²) in [6.07, 6.45) is 4.20. The van der Waals surface area contributed by atoms with Crippen LogP contribution in [0.1, 0.15) is 67.2 Å². The van der Waals surface area contributed by atoms with Crippen LogP contribution in [0.5, 0.6) is 0 Å². The molecule has 1 aliphatic carbocycles. The normalized spacial score (nSPS) is 14.5. The van der Waals surface area contributed by atoms with Crippen molar-refractivity contribution in [1.29, 1.82) is 0 Å². The molecular formula is C20H25BrN4O2. The second-order valence-electron chi connectivity index (χ2n) is 7.31. The van der Waals surface area contributed by atoms with Gasteiger partial charge in [-0.2, -0.15) is 5.10 Å². The second-order valence-corrected chi connectivity index (χ2v) is 8.10. The quantitative estimate of drug-likeness (QED) is 0.633. The molecule has 27 heavy (non-hydrogen) atoms. The third-order valence-corrected chi connectivity index (χ3v) is 5.70. The SMILES string of the molecule is CC(C)c1[nH]nc(C(=O)NCc2cccc(NC(=O)C3CCCC3)c2)c1Br. The average Bonchev–Trinajstić information content (AvgIpc) is 3.30. The van der Waals surface area contributed by atoms with Crippen molar-refractivity contribution in [3.8, 4) is 0 Å². The number of aromatic nitrogens is 2. The van der Waals surface area contributed by atoms with E-state index < -0.39 is 0 Å². The zero-order chi connectivity index (χ0) is 19.4. The molecule has 0 spiro atoms. The van der Waals surface area contributed by atoms with E-state index in [0.717, 1.165) is 42.6 Å². The molecular weight excluding hydrogens is 408 g/mol. The van der Waals surface area contributed by atoms with Crippen LogP contribution in [-0.4, -0.2) is 22.0 Å². The Morgan fingerprint density at radius 2 is 2.04 bits per heavy atom. The highest BCUT2D eigenvalue weighted by Gasteiger charge is 2.22. The lowest BCUT2D eigenvalue weighted by molar-refractivity contribution is -0.119. The van der Waals surface area contributed by atoms with Crippen LogP contribution in [0.2, 0.25) is 0 Å². The van der Waals surface area contributed by atoms with Crippen LogP contribution in [0.25, 0.3) is 0 Å². The maximum atomic E-state index is 12.4. The van der Waals surface area contributed by atoms with Gasteiger partial charge in [-0.05, 0) is 52.4 Å². The van der Waals surface area contributed by atoms with Crippen LogP contribution in [0, 0.1) is 5.92 Å². The van der Waals surface area contributed by atoms with E-state index in [2.05, 4.69) is 36.8 Å². The Morgan fingerprint density at radius 1 is 1.30 bits per heavy atom. The molecule has 1 aromatic carbocycles. The van der Waals surface area contributed by atoms with Gasteiger partial charge in [-0.3, -0.25) is 14.7 Å². The number of aromatic amines is 1. The minimum Gasteiger partial charge on any atom is -0.347 e. The number of benzene rings is 1. The Hall–Kier alpha value is -2.15. The lowest BCUT2D eigenvalue weighted by Crippen LogP contribution is -2.24. The van der Waals surface area contributed by atoms with E-state index in [1.807, 2.05) is 38.1 Å². The smallest absolute Gasteiger partial charge is 0.273 e. The molecule has 0 unspecified atom stereocenters. The van der Waals surface area contributed by atoms with Crippen LogP contribution in [-0.2, 0) is 11.3 Å². The first kappa shape index (κ1) is 19.6. The minimum atomic E-state index is -0.245. The summed E-state index contributed by atoms with van der Waals surface area (Å²) in [5.74, 6) is 0.217. The standard InChI is InChI=1S/C20H25BrN4O2/c1-12(2)17-16(21)18(25-24-17)20(27)22-11-13-6-5-9-15(10-13)23-19(26)14-7-3-4-8-14/h5-6,9-10,12,14H,3-4,7-8,11H2,1-2H3,(H,22,27)(H,23,26)(H,24,25). The van der Waals surface area contributed by atoms with Gasteiger partial charge in [0.25, 0.3) is 5.91 Å². The van der Waals surface area contributed by atoms with E-state index in [-0.39, 0.29) is 23.7 Å². The van der Waals surface area contributed by atoms with Gasteiger partial charge >= 0.3 is 0 Å². The molecule has 1 heterocycles. The van der Waals surface area contributed by atoms with Gasteiger partial charge in [-0.1, -0.05) is 38.8 Å². The molecule has 1 fully saturated rings. The summed E-state index contributed by atoms with van der Waals surface area (Å²) in [5.41, 5.74) is 2.94. The number of hydrogen-bond acceptors (Lipinski definition) is 3. The Labute approximate surface area is 167 Å². The molecule has 0 aliphatic heterocycles. The van der Waals surface area contributed by atoms with Crippen LogP contribution >= 0.6 is 15.9 Å². The lowest BCUT2D eigenvalue weighted by atomic mass is 10.1. The highest BCUT2D eigenvalue weighted by molar-refractivity contribution is 9.10.